The average molecular weight is 448 g/mol. The van der Waals surface area contributed by atoms with E-state index in [1.807, 2.05) is 35.4 Å². The summed E-state index contributed by atoms with van der Waals surface area (Å²) in [6.45, 7) is 2.80. The Hall–Kier alpha value is -2.05. The van der Waals surface area contributed by atoms with Crippen LogP contribution in [0.25, 0.3) is 10.9 Å². The lowest BCUT2D eigenvalue weighted by Gasteiger charge is -2.23. The molecule has 1 aromatic heterocycles. The van der Waals surface area contributed by atoms with Crippen molar-refractivity contribution in [2.75, 3.05) is 33.4 Å². The van der Waals surface area contributed by atoms with Crippen molar-refractivity contribution in [3.05, 3.63) is 69.8 Å². The topological polar surface area (TPSA) is 57.4 Å². The minimum atomic E-state index is 0.0540. The van der Waals surface area contributed by atoms with Crippen molar-refractivity contribution in [1.82, 2.24) is 15.2 Å². The van der Waals surface area contributed by atoms with E-state index in [2.05, 4.69) is 22.4 Å². The minimum absolute atomic E-state index is 0.0540. The van der Waals surface area contributed by atoms with Gasteiger partial charge in [-0.3, -0.25) is 4.79 Å². The highest BCUT2D eigenvalue weighted by molar-refractivity contribution is 6.42. The number of H-pyrrole nitrogens is 1. The van der Waals surface area contributed by atoms with Crippen molar-refractivity contribution in [2.45, 2.75) is 19.4 Å². The number of benzene rings is 2. The monoisotopic (exact) mass is 447 g/mol. The summed E-state index contributed by atoms with van der Waals surface area (Å²) >= 11 is 12.2. The van der Waals surface area contributed by atoms with Gasteiger partial charge in [0.1, 0.15) is 0 Å². The molecule has 0 aliphatic rings. The van der Waals surface area contributed by atoms with E-state index in [1.165, 1.54) is 10.9 Å². The second kappa shape index (κ2) is 11.4. The van der Waals surface area contributed by atoms with Crippen LogP contribution in [0.2, 0.25) is 10.0 Å². The standard InChI is InChI=1S/C23H27Cl2N3O2/c1-30-12-4-10-26-15-23(29)28(16-17-7-8-20(24)21(25)13-17)11-9-18-14-27-22-6-3-2-5-19(18)22/h2-3,5-8,13-14,26-27H,4,9-12,15-16H2,1H3. The molecule has 3 aromatic rings. The van der Waals surface area contributed by atoms with E-state index in [0.29, 0.717) is 36.3 Å². The highest BCUT2D eigenvalue weighted by atomic mass is 35.5. The SMILES string of the molecule is COCCCNCC(=O)N(CCc1c[nH]c2ccccc12)Cc1ccc(Cl)c(Cl)c1. The number of aromatic amines is 1. The highest BCUT2D eigenvalue weighted by Gasteiger charge is 2.15. The lowest BCUT2D eigenvalue weighted by atomic mass is 10.1. The molecular formula is C23H27Cl2N3O2. The number of ether oxygens (including phenoxy) is 1. The molecule has 0 fully saturated rings. The molecule has 2 aromatic carbocycles. The van der Waals surface area contributed by atoms with Gasteiger partial charge >= 0.3 is 0 Å². The van der Waals surface area contributed by atoms with Gasteiger partial charge in [0, 0.05) is 43.9 Å². The molecule has 2 N–H and O–H groups in total. The fourth-order valence-electron chi connectivity index (χ4n) is 3.39. The van der Waals surface area contributed by atoms with Crippen molar-refractivity contribution >= 4 is 40.0 Å². The first-order valence-electron chi connectivity index (χ1n) is 10.0. The number of hydrogen-bond acceptors (Lipinski definition) is 3. The largest absolute Gasteiger partial charge is 0.385 e. The molecule has 0 spiro atoms. The Morgan fingerprint density at radius 3 is 2.80 bits per heavy atom. The number of carbonyl (C=O) groups excluding carboxylic acids is 1. The van der Waals surface area contributed by atoms with Crippen molar-refractivity contribution < 1.29 is 9.53 Å². The van der Waals surface area contributed by atoms with Gasteiger partial charge in [-0.15, -0.1) is 0 Å². The lowest BCUT2D eigenvalue weighted by Crippen LogP contribution is -2.39. The molecule has 0 unspecified atom stereocenters. The first-order valence-corrected chi connectivity index (χ1v) is 10.8. The summed E-state index contributed by atoms with van der Waals surface area (Å²) in [5.41, 5.74) is 3.26. The smallest absolute Gasteiger partial charge is 0.236 e. The third kappa shape index (κ3) is 6.22. The Morgan fingerprint density at radius 2 is 2.00 bits per heavy atom. The summed E-state index contributed by atoms with van der Waals surface area (Å²) < 4.78 is 5.05. The number of amides is 1. The first-order chi connectivity index (χ1) is 14.6. The van der Waals surface area contributed by atoms with Gasteiger partial charge in [0.15, 0.2) is 0 Å². The Kier molecular flexibility index (Phi) is 8.58. The van der Waals surface area contributed by atoms with E-state index < -0.39 is 0 Å². The zero-order valence-corrected chi connectivity index (χ0v) is 18.6. The van der Waals surface area contributed by atoms with Crippen molar-refractivity contribution in [1.29, 1.82) is 0 Å². The molecule has 0 saturated heterocycles. The lowest BCUT2D eigenvalue weighted by molar-refractivity contribution is -0.130. The number of halogens is 2. The fourth-order valence-corrected chi connectivity index (χ4v) is 3.71. The maximum atomic E-state index is 12.9. The van der Waals surface area contributed by atoms with Gasteiger partial charge in [-0.25, -0.2) is 0 Å². The minimum Gasteiger partial charge on any atom is -0.385 e. The van der Waals surface area contributed by atoms with Crippen molar-refractivity contribution in [3.63, 3.8) is 0 Å². The zero-order chi connectivity index (χ0) is 21.3. The van der Waals surface area contributed by atoms with Crippen molar-refractivity contribution in [2.24, 2.45) is 0 Å². The van der Waals surface area contributed by atoms with Gasteiger partial charge in [0.2, 0.25) is 5.91 Å². The van der Waals surface area contributed by atoms with Crippen LogP contribution in [0.3, 0.4) is 0 Å². The molecular weight excluding hydrogens is 421 g/mol. The van der Waals surface area contributed by atoms with Gasteiger partial charge in [-0.05, 0) is 48.7 Å². The number of fused-ring (bicyclic) bond motifs is 1. The molecule has 1 amide bonds. The summed E-state index contributed by atoms with van der Waals surface area (Å²) in [6.07, 6.45) is 3.65. The quantitative estimate of drug-likeness (QED) is 0.419. The zero-order valence-electron chi connectivity index (χ0n) is 17.1. The number of methoxy groups -OCH3 is 1. The Balaban J connectivity index is 1.67. The summed E-state index contributed by atoms with van der Waals surface area (Å²) in [7, 11) is 1.68. The molecule has 160 valence electrons. The van der Waals surface area contributed by atoms with Gasteiger partial charge in [-0.1, -0.05) is 47.5 Å². The van der Waals surface area contributed by atoms with E-state index in [0.717, 1.165) is 30.5 Å². The molecule has 0 radical (unpaired) electrons. The maximum Gasteiger partial charge on any atom is 0.236 e. The number of nitrogens with zero attached hydrogens (tertiary/aromatic N) is 1. The molecule has 3 rings (SSSR count). The predicted molar refractivity (Wildman–Crippen MR) is 123 cm³/mol. The van der Waals surface area contributed by atoms with Crippen LogP contribution in [0.15, 0.2) is 48.7 Å². The van der Waals surface area contributed by atoms with Crippen LogP contribution in [-0.4, -0.2) is 49.1 Å². The van der Waals surface area contributed by atoms with E-state index in [1.54, 1.807) is 13.2 Å². The van der Waals surface area contributed by atoms with Gasteiger partial charge in [0.05, 0.1) is 16.6 Å². The third-order valence-corrected chi connectivity index (χ3v) is 5.75. The van der Waals surface area contributed by atoms with Crippen LogP contribution in [0.4, 0.5) is 0 Å². The summed E-state index contributed by atoms with van der Waals surface area (Å²) in [4.78, 5) is 18.1. The molecule has 0 bridgehead atoms. The average Bonchev–Trinajstić information content (AvgIpc) is 3.16. The summed E-state index contributed by atoms with van der Waals surface area (Å²) in [6, 6.07) is 13.7. The number of aromatic nitrogens is 1. The molecule has 0 atom stereocenters. The number of para-hydroxylation sites is 1. The van der Waals surface area contributed by atoms with Crippen LogP contribution < -0.4 is 5.32 Å². The van der Waals surface area contributed by atoms with E-state index >= 15 is 0 Å². The number of hydrogen-bond donors (Lipinski definition) is 2. The third-order valence-electron chi connectivity index (χ3n) is 5.01. The van der Waals surface area contributed by atoms with E-state index in [4.69, 9.17) is 27.9 Å². The van der Waals surface area contributed by atoms with Gasteiger partial charge < -0.3 is 19.9 Å². The molecule has 1 heterocycles. The molecule has 7 heteroatoms. The summed E-state index contributed by atoms with van der Waals surface area (Å²) in [5, 5.41) is 5.40. The van der Waals surface area contributed by atoms with Crippen LogP contribution in [0.5, 0.6) is 0 Å². The summed E-state index contributed by atoms with van der Waals surface area (Å²) in [5.74, 6) is 0.0540. The second-order valence-corrected chi connectivity index (χ2v) is 8.01. The molecule has 5 nitrogen and oxygen atoms in total. The van der Waals surface area contributed by atoms with E-state index in [9.17, 15) is 4.79 Å². The van der Waals surface area contributed by atoms with Gasteiger partial charge in [-0.2, -0.15) is 0 Å². The normalized spacial score (nSPS) is 11.2. The maximum absolute atomic E-state index is 12.9. The fraction of sp³-hybridized carbons (Fsp3) is 0.348. The van der Waals surface area contributed by atoms with Crippen LogP contribution >= 0.6 is 23.2 Å². The van der Waals surface area contributed by atoms with E-state index in [-0.39, 0.29) is 5.91 Å². The first kappa shape index (κ1) is 22.6. The number of carbonyl (C=O) groups is 1. The van der Waals surface area contributed by atoms with Crippen LogP contribution in [-0.2, 0) is 22.5 Å². The molecule has 30 heavy (non-hydrogen) atoms. The van der Waals surface area contributed by atoms with Crippen LogP contribution in [0.1, 0.15) is 17.5 Å². The second-order valence-electron chi connectivity index (χ2n) is 7.20. The molecule has 0 saturated carbocycles. The van der Waals surface area contributed by atoms with Crippen LogP contribution in [0, 0.1) is 0 Å². The Labute approximate surface area is 187 Å². The Bertz CT molecular complexity index is 974. The van der Waals surface area contributed by atoms with Crippen molar-refractivity contribution in [3.8, 4) is 0 Å². The molecule has 0 aliphatic heterocycles. The highest BCUT2D eigenvalue weighted by Crippen LogP contribution is 2.24. The molecule has 0 aliphatic carbocycles. The van der Waals surface area contributed by atoms with Gasteiger partial charge in [0.25, 0.3) is 0 Å². The number of nitrogens with one attached hydrogen (secondary N) is 2. The predicted octanol–water partition coefficient (Wildman–Crippen LogP) is 4.67. The number of rotatable bonds is 11. The Morgan fingerprint density at radius 1 is 1.17 bits per heavy atom.